The monoisotopic (exact) mass is 392 g/mol. The summed E-state index contributed by atoms with van der Waals surface area (Å²) in [7, 11) is 0. The SMILES string of the molecule is CCCSc1nc2ccccc2c2nc(-c3ccc4c(c3)OCCCO4)nn12. The molecule has 0 unspecified atom stereocenters. The Morgan fingerprint density at radius 2 is 1.89 bits per heavy atom. The highest BCUT2D eigenvalue weighted by Gasteiger charge is 2.17. The highest BCUT2D eigenvalue weighted by molar-refractivity contribution is 7.99. The molecular weight excluding hydrogens is 372 g/mol. The lowest BCUT2D eigenvalue weighted by Gasteiger charge is -2.07. The molecule has 0 saturated heterocycles. The summed E-state index contributed by atoms with van der Waals surface area (Å²) in [4.78, 5) is 9.66. The molecule has 0 radical (unpaired) electrons. The van der Waals surface area contributed by atoms with Crippen LogP contribution in [0.1, 0.15) is 19.8 Å². The van der Waals surface area contributed by atoms with E-state index in [2.05, 4.69) is 6.92 Å². The van der Waals surface area contributed by atoms with E-state index in [1.54, 1.807) is 11.8 Å². The number of benzene rings is 2. The fourth-order valence-electron chi connectivity index (χ4n) is 3.24. The fraction of sp³-hybridized carbons (Fsp3) is 0.286. The van der Waals surface area contributed by atoms with Gasteiger partial charge in [0.05, 0.1) is 18.7 Å². The molecule has 4 aromatic rings. The van der Waals surface area contributed by atoms with E-state index in [-0.39, 0.29) is 0 Å². The van der Waals surface area contributed by atoms with Crippen LogP contribution in [-0.4, -0.2) is 38.5 Å². The van der Waals surface area contributed by atoms with Crippen molar-refractivity contribution >= 4 is 28.3 Å². The summed E-state index contributed by atoms with van der Waals surface area (Å²) in [6, 6.07) is 13.9. The Kier molecular flexibility index (Phi) is 4.52. The standard InChI is InChI=1S/C21H20N4O2S/c1-2-12-28-21-22-16-7-4-3-6-15(16)20-23-19(24-25(20)21)14-8-9-17-18(13-14)27-11-5-10-26-17/h3-4,6-9,13H,2,5,10-12H2,1H3. The Morgan fingerprint density at radius 3 is 2.79 bits per heavy atom. The summed E-state index contributed by atoms with van der Waals surface area (Å²) in [6.07, 6.45) is 1.96. The topological polar surface area (TPSA) is 61.5 Å². The molecule has 6 nitrogen and oxygen atoms in total. The zero-order valence-electron chi connectivity index (χ0n) is 15.6. The molecule has 5 rings (SSSR count). The fourth-order valence-corrected chi connectivity index (χ4v) is 4.04. The molecule has 142 valence electrons. The predicted octanol–water partition coefficient (Wildman–Crippen LogP) is 4.61. The molecule has 0 fully saturated rings. The molecular formula is C21H20N4O2S. The number of nitrogens with zero attached hydrogens (tertiary/aromatic N) is 4. The number of hydrogen-bond donors (Lipinski definition) is 0. The zero-order valence-corrected chi connectivity index (χ0v) is 16.4. The molecule has 0 saturated carbocycles. The van der Waals surface area contributed by atoms with Gasteiger partial charge in [-0.15, -0.1) is 5.10 Å². The highest BCUT2D eigenvalue weighted by Crippen LogP contribution is 2.34. The van der Waals surface area contributed by atoms with Gasteiger partial charge in [-0.05, 0) is 36.8 Å². The largest absolute Gasteiger partial charge is 0.490 e. The first-order valence-electron chi connectivity index (χ1n) is 9.52. The summed E-state index contributed by atoms with van der Waals surface area (Å²) in [5.41, 5.74) is 2.67. The Hall–Kier alpha value is -2.80. The molecule has 0 spiro atoms. The van der Waals surface area contributed by atoms with Gasteiger partial charge in [-0.3, -0.25) is 0 Å². The van der Waals surface area contributed by atoms with Crippen LogP contribution in [0, 0.1) is 0 Å². The van der Waals surface area contributed by atoms with Crippen molar-refractivity contribution in [2.24, 2.45) is 0 Å². The smallest absolute Gasteiger partial charge is 0.191 e. The molecule has 1 aliphatic rings. The minimum absolute atomic E-state index is 0.654. The minimum atomic E-state index is 0.654. The first kappa shape index (κ1) is 17.3. The molecule has 2 aromatic carbocycles. The quantitative estimate of drug-likeness (QED) is 0.373. The maximum atomic E-state index is 5.83. The van der Waals surface area contributed by atoms with Gasteiger partial charge in [0.25, 0.3) is 0 Å². The molecule has 0 aliphatic carbocycles. The van der Waals surface area contributed by atoms with Gasteiger partial charge in [0.15, 0.2) is 28.1 Å². The van der Waals surface area contributed by atoms with Crippen LogP contribution >= 0.6 is 11.8 Å². The lowest BCUT2D eigenvalue weighted by molar-refractivity contribution is 0.297. The van der Waals surface area contributed by atoms with Gasteiger partial charge in [-0.25, -0.2) is 9.97 Å². The third-order valence-corrected chi connectivity index (χ3v) is 5.73. The van der Waals surface area contributed by atoms with Crippen molar-refractivity contribution in [1.82, 2.24) is 19.6 Å². The Balaban J connectivity index is 1.66. The second-order valence-corrected chi connectivity index (χ2v) is 7.70. The van der Waals surface area contributed by atoms with Crippen molar-refractivity contribution < 1.29 is 9.47 Å². The van der Waals surface area contributed by atoms with Crippen LogP contribution in [0.25, 0.3) is 27.9 Å². The molecule has 2 aromatic heterocycles. The van der Waals surface area contributed by atoms with Gasteiger partial charge in [-0.1, -0.05) is 30.8 Å². The van der Waals surface area contributed by atoms with Crippen LogP contribution in [-0.2, 0) is 0 Å². The normalized spacial score (nSPS) is 13.8. The number of aromatic nitrogens is 4. The van der Waals surface area contributed by atoms with E-state index in [0.29, 0.717) is 19.0 Å². The summed E-state index contributed by atoms with van der Waals surface area (Å²) < 4.78 is 13.4. The second kappa shape index (κ2) is 7.31. The summed E-state index contributed by atoms with van der Waals surface area (Å²) in [5, 5.41) is 6.65. The Morgan fingerprint density at radius 1 is 1.04 bits per heavy atom. The van der Waals surface area contributed by atoms with Gasteiger partial charge in [-0.2, -0.15) is 4.52 Å². The van der Waals surface area contributed by atoms with Crippen LogP contribution in [0.15, 0.2) is 47.6 Å². The Bertz CT molecular complexity index is 1160. The van der Waals surface area contributed by atoms with Gasteiger partial charge < -0.3 is 9.47 Å². The zero-order chi connectivity index (χ0) is 18.9. The molecule has 3 heterocycles. The van der Waals surface area contributed by atoms with Crippen LogP contribution in [0.4, 0.5) is 0 Å². The van der Waals surface area contributed by atoms with E-state index in [1.807, 2.05) is 47.0 Å². The van der Waals surface area contributed by atoms with Gasteiger partial charge in [0.1, 0.15) is 0 Å². The second-order valence-electron chi connectivity index (χ2n) is 6.64. The van der Waals surface area contributed by atoms with E-state index in [1.165, 1.54) is 0 Å². The molecule has 1 aliphatic heterocycles. The molecule has 0 N–H and O–H groups in total. The Labute approximate surface area is 166 Å². The van der Waals surface area contributed by atoms with E-state index in [0.717, 1.165) is 57.4 Å². The van der Waals surface area contributed by atoms with Crippen molar-refractivity contribution in [1.29, 1.82) is 0 Å². The highest BCUT2D eigenvalue weighted by atomic mass is 32.2. The van der Waals surface area contributed by atoms with E-state index in [9.17, 15) is 0 Å². The summed E-state index contributed by atoms with van der Waals surface area (Å²) in [6.45, 7) is 3.49. The summed E-state index contributed by atoms with van der Waals surface area (Å²) in [5.74, 6) is 3.17. The number of para-hydroxylation sites is 1. The maximum absolute atomic E-state index is 5.83. The van der Waals surface area contributed by atoms with Crippen LogP contribution in [0.2, 0.25) is 0 Å². The average Bonchev–Trinajstić information content (AvgIpc) is 3.05. The van der Waals surface area contributed by atoms with E-state index >= 15 is 0 Å². The van der Waals surface area contributed by atoms with E-state index < -0.39 is 0 Å². The molecule has 28 heavy (non-hydrogen) atoms. The molecule has 0 amide bonds. The lowest BCUT2D eigenvalue weighted by atomic mass is 10.2. The van der Waals surface area contributed by atoms with Crippen molar-refractivity contribution in [2.75, 3.05) is 19.0 Å². The van der Waals surface area contributed by atoms with Crippen molar-refractivity contribution in [3.8, 4) is 22.9 Å². The number of rotatable bonds is 4. The first-order chi connectivity index (χ1) is 13.8. The van der Waals surface area contributed by atoms with Gasteiger partial charge in [0, 0.05) is 23.1 Å². The van der Waals surface area contributed by atoms with Gasteiger partial charge in [0.2, 0.25) is 0 Å². The third-order valence-electron chi connectivity index (χ3n) is 4.59. The van der Waals surface area contributed by atoms with Crippen LogP contribution in [0.3, 0.4) is 0 Å². The maximum Gasteiger partial charge on any atom is 0.191 e. The molecule has 0 atom stereocenters. The number of fused-ring (bicyclic) bond motifs is 4. The lowest BCUT2D eigenvalue weighted by Crippen LogP contribution is -1.98. The van der Waals surface area contributed by atoms with E-state index in [4.69, 9.17) is 24.5 Å². The predicted molar refractivity (Wildman–Crippen MR) is 110 cm³/mol. The van der Waals surface area contributed by atoms with Crippen LogP contribution < -0.4 is 9.47 Å². The van der Waals surface area contributed by atoms with Crippen molar-refractivity contribution in [3.05, 3.63) is 42.5 Å². The number of thioether (sulfide) groups is 1. The van der Waals surface area contributed by atoms with Gasteiger partial charge >= 0.3 is 0 Å². The first-order valence-corrected chi connectivity index (χ1v) is 10.5. The molecule has 7 heteroatoms. The van der Waals surface area contributed by atoms with Crippen molar-refractivity contribution in [3.63, 3.8) is 0 Å². The molecule has 0 bridgehead atoms. The number of hydrogen-bond acceptors (Lipinski definition) is 6. The van der Waals surface area contributed by atoms with Crippen LogP contribution in [0.5, 0.6) is 11.5 Å². The minimum Gasteiger partial charge on any atom is -0.490 e. The number of ether oxygens (including phenoxy) is 2. The summed E-state index contributed by atoms with van der Waals surface area (Å²) >= 11 is 1.70. The average molecular weight is 392 g/mol. The third kappa shape index (κ3) is 3.05. The van der Waals surface area contributed by atoms with Crippen molar-refractivity contribution in [2.45, 2.75) is 24.9 Å².